The van der Waals surface area contributed by atoms with E-state index >= 15 is 0 Å². The molecular weight excluding hydrogens is 288 g/mol. The summed E-state index contributed by atoms with van der Waals surface area (Å²) in [7, 11) is 0. The van der Waals surface area contributed by atoms with Crippen molar-refractivity contribution in [3.8, 4) is 17.0 Å². The Morgan fingerprint density at radius 1 is 1.13 bits per heavy atom. The van der Waals surface area contributed by atoms with Gasteiger partial charge in [0.15, 0.2) is 11.6 Å². The molecule has 1 aromatic heterocycles. The lowest BCUT2D eigenvalue weighted by atomic mass is 9.86. The third kappa shape index (κ3) is 3.62. The summed E-state index contributed by atoms with van der Waals surface area (Å²) >= 11 is 0. The van der Waals surface area contributed by atoms with Crippen LogP contribution in [0.15, 0.2) is 30.6 Å². The first-order chi connectivity index (χ1) is 11.2. The number of anilines is 1. The predicted octanol–water partition coefficient (Wildman–Crippen LogP) is 3.09. The molecule has 1 fully saturated rings. The van der Waals surface area contributed by atoms with Crippen LogP contribution in [0.4, 0.5) is 5.82 Å². The Labute approximate surface area is 137 Å². The first-order valence-corrected chi connectivity index (χ1v) is 8.25. The number of rotatable bonds is 4. The van der Waals surface area contributed by atoms with Crippen molar-refractivity contribution in [1.82, 2.24) is 9.97 Å². The minimum Gasteiger partial charge on any atom is -0.503 e. The second-order valence-electron chi connectivity index (χ2n) is 6.38. The lowest BCUT2D eigenvalue weighted by Gasteiger charge is -2.28. The van der Waals surface area contributed by atoms with Gasteiger partial charge in [-0.15, -0.1) is 0 Å². The normalized spacial score (nSPS) is 21.1. The summed E-state index contributed by atoms with van der Waals surface area (Å²) in [6.07, 6.45) is 5.88. The van der Waals surface area contributed by atoms with Crippen molar-refractivity contribution in [3.63, 3.8) is 0 Å². The molecule has 1 aromatic carbocycles. The molecule has 2 aromatic rings. The third-order valence-corrected chi connectivity index (χ3v) is 4.67. The van der Waals surface area contributed by atoms with Crippen LogP contribution in [0, 0.1) is 12.8 Å². The molecule has 0 amide bonds. The SMILES string of the molecule is Cc1ccc(-c2ncnc(NC3CCC(CN)CC3)c2O)cc1. The largest absolute Gasteiger partial charge is 0.503 e. The molecule has 1 aliphatic rings. The topological polar surface area (TPSA) is 84.1 Å². The fourth-order valence-corrected chi connectivity index (χ4v) is 3.14. The number of aryl methyl sites for hydroxylation is 1. The molecule has 3 rings (SSSR count). The predicted molar refractivity (Wildman–Crippen MR) is 92.3 cm³/mol. The van der Waals surface area contributed by atoms with Gasteiger partial charge in [0.2, 0.25) is 0 Å². The highest BCUT2D eigenvalue weighted by molar-refractivity contribution is 5.72. The van der Waals surface area contributed by atoms with Gasteiger partial charge in [-0.2, -0.15) is 0 Å². The quantitative estimate of drug-likeness (QED) is 0.808. The number of benzene rings is 1. The molecule has 0 atom stereocenters. The average molecular weight is 312 g/mol. The Morgan fingerprint density at radius 3 is 2.48 bits per heavy atom. The Balaban J connectivity index is 1.76. The van der Waals surface area contributed by atoms with E-state index < -0.39 is 0 Å². The van der Waals surface area contributed by atoms with Crippen LogP contribution in [0.3, 0.4) is 0 Å². The standard InChI is InChI=1S/C18H24N4O/c1-12-2-6-14(7-3-12)16-17(23)18(21-11-20-16)22-15-8-4-13(10-19)5-9-15/h2-3,6-7,11,13,15,23H,4-5,8-10,19H2,1H3,(H,20,21,22). The number of nitrogens with two attached hydrogens (primary N) is 1. The van der Waals surface area contributed by atoms with Crippen LogP contribution in [0.2, 0.25) is 0 Å². The van der Waals surface area contributed by atoms with Gasteiger partial charge in [-0.05, 0) is 45.1 Å². The summed E-state index contributed by atoms with van der Waals surface area (Å²) in [6, 6.07) is 8.29. The summed E-state index contributed by atoms with van der Waals surface area (Å²) in [4.78, 5) is 8.46. The molecule has 5 heteroatoms. The van der Waals surface area contributed by atoms with E-state index in [0.29, 0.717) is 23.5 Å². The zero-order chi connectivity index (χ0) is 16.2. The summed E-state index contributed by atoms with van der Waals surface area (Å²) < 4.78 is 0. The minimum atomic E-state index is 0.123. The maximum absolute atomic E-state index is 10.5. The number of nitrogens with one attached hydrogen (secondary N) is 1. The van der Waals surface area contributed by atoms with Crippen molar-refractivity contribution in [2.24, 2.45) is 11.7 Å². The summed E-state index contributed by atoms with van der Waals surface area (Å²) in [5.41, 5.74) is 8.38. The molecular formula is C18H24N4O. The van der Waals surface area contributed by atoms with Gasteiger partial charge in [0.05, 0.1) is 0 Å². The van der Waals surface area contributed by atoms with E-state index in [1.54, 1.807) is 0 Å². The Bertz CT molecular complexity index is 649. The molecule has 0 bridgehead atoms. The van der Waals surface area contributed by atoms with Crippen LogP contribution in [0.5, 0.6) is 5.75 Å². The van der Waals surface area contributed by atoms with Crippen molar-refractivity contribution < 1.29 is 5.11 Å². The molecule has 1 aliphatic carbocycles. The monoisotopic (exact) mass is 312 g/mol. The van der Waals surface area contributed by atoms with Crippen molar-refractivity contribution in [2.75, 3.05) is 11.9 Å². The molecule has 0 radical (unpaired) electrons. The summed E-state index contributed by atoms with van der Waals surface area (Å²) in [5.74, 6) is 1.28. The molecule has 0 saturated heterocycles. The van der Waals surface area contributed by atoms with Crippen molar-refractivity contribution in [1.29, 1.82) is 0 Å². The Kier molecular flexibility index (Phi) is 4.76. The number of aromatic nitrogens is 2. The van der Waals surface area contributed by atoms with E-state index in [2.05, 4.69) is 15.3 Å². The molecule has 4 N–H and O–H groups in total. The van der Waals surface area contributed by atoms with Crippen LogP contribution < -0.4 is 11.1 Å². The average Bonchev–Trinajstić information content (AvgIpc) is 2.58. The highest BCUT2D eigenvalue weighted by atomic mass is 16.3. The van der Waals surface area contributed by atoms with Gasteiger partial charge in [0.1, 0.15) is 12.0 Å². The fourth-order valence-electron chi connectivity index (χ4n) is 3.14. The van der Waals surface area contributed by atoms with Crippen LogP contribution >= 0.6 is 0 Å². The van der Waals surface area contributed by atoms with Crippen LogP contribution in [-0.4, -0.2) is 27.7 Å². The van der Waals surface area contributed by atoms with Crippen LogP contribution in [0.1, 0.15) is 31.2 Å². The molecule has 23 heavy (non-hydrogen) atoms. The minimum absolute atomic E-state index is 0.123. The van der Waals surface area contributed by atoms with Gasteiger partial charge in [-0.3, -0.25) is 0 Å². The first-order valence-electron chi connectivity index (χ1n) is 8.25. The molecule has 0 unspecified atom stereocenters. The van der Waals surface area contributed by atoms with Crippen molar-refractivity contribution in [2.45, 2.75) is 38.6 Å². The van der Waals surface area contributed by atoms with Gasteiger partial charge < -0.3 is 16.2 Å². The fraction of sp³-hybridized carbons (Fsp3) is 0.444. The van der Waals surface area contributed by atoms with E-state index in [1.165, 1.54) is 11.9 Å². The highest BCUT2D eigenvalue weighted by Gasteiger charge is 2.22. The van der Waals surface area contributed by atoms with E-state index in [4.69, 9.17) is 5.73 Å². The maximum Gasteiger partial charge on any atom is 0.185 e. The van der Waals surface area contributed by atoms with Gasteiger partial charge in [-0.1, -0.05) is 29.8 Å². The molecule has 1 saturated carbocycles. The van der Waals surface area contributed by atoms with Gasteiger partial charge in [-0.25, -0.2) is 9.97 Å². The zero-order valence-electron chi connectivity index (χ0n) is 13.5. The highest BCUT2D eigenvalue weighted by Crippen LogP contribution is 2.34. The van der Waals surface area contributed by atoms with Gasteiger partial charge in [0, 0.05) is 11.6 Å². The van der Waals surface area contributed by atoms with E-state index in [9.17, 15) is 5.11 Å². The second-order valence-corrected chi connectivity index (χ2v) is 6.38. The lowest BCUT2D eigenvalue weighted by Crippen LogP contribution is -2.29. The maximum atomic E-state index is 10.5. The number of hydrogen-bond acceptors (Lipinski definition) is 5. The van der Waals surface area contributed by atoms with Gasteiger partial charge in [0.25, 0.3) is 0 Å². The third-order valence-electron chi connectivity index (χ3n) is 4.67. The second kappa shape index (κ2) is 6.96. The Hall–Kier alpha value is -2.14. The number of hydrogen-bond donors (Lipinski definition) is 3. The van der Waals surface area contributed by atoms with Gasteiger partial charge >= 0.3 is 0 Å². The van der Waals surface area contributed by atoms with E-state index in [0.717, 1.165) is 37.8 Å². The number of aromatic hydroxyl groups is 1. The smallest absolute Gasteiger partial charge is 0.185 e. The molecule has 0 aliphatic heterocycles. The number of nitrogens with zero attached hydrogens (tertiary/aromatic N) is 2. The molecule has 122 valence electrons. The first kappa shape index (κ1) is 15.7. The van der Waals surface area contributed by atoms with Crippen molar-refractivity contribution in [3.05, 3.63) is 36.2 Å². The summed E-state index contributed by atoms with van der Waals surface area (Å²) in [5, 5.41) is 13.9. The lowest BCUT2D eigenvalue weighted by molar-refractivity contribution is 0.343. The van der Waals surface area contributed by atoms with Crippen LogP contribution in [-0.2, 0) is 0 Å². The van der Waals surface area contributed by atoms with Crippen LogP contribution in [0.25, 0.3) is 11.3 Å². The zero-order valence-corrected chi connectivity index (χ0v) is 13.5. The molecule has 1 heterocycles. The molecule has 5 nitrogen and oxygen atoms in total. The molecule has 0 spiro atoms. The van der Waals surface area contributed by atoms with Crippen molar-refractivity contribution >= 4 is 5.82 Å². The van der Waals surface area contributed by atoms with E-state index in [-0.39, 0.29) is 5.75 Å². The van der Waals surface area contributed by atoms with E-state index in [1.807, 2.05) is 31.2 Å². The Morgan fingerprint density at radius 2 is 1.83 bits per heavy atom. The summed E-state index contributed by atoms with van der Waals surface area (Å²) in [6.45, 7) is 2.80.